The summed E-state index contributed by atoms with van der Waals surface area (Å²) in [6.07, 6.45) is 0. The molecule has 2 aliphatic heterocycles. The second-order valence-corrected chi connectivity index (χ2v) is 6.92. The van der Waals surface area contributed by atoms with Gasteiger partial charge in [0.1, 0.15) is 18.2 Å². The third kappa shape index (κ3) is 3.59. The minimum absolute atomic E-state index is 0.244. The highest BCUT2D eigenvalue weighted by Gasteiger charge is 2.55. The number of rotatable bonds is 6. The maximum atomic E-state index is 13.8. The van der Waals surface area contributed by atoms with Gasteiger partial charge in [-0.25, -0.2) is 13.7 Å². The summed E-state index contributed by atoms with van der Waals surface area (Å²) in [4.78, 5) is 39.1. The number of halogens is 2. The number of ether oxygens (including phenoxy) is 2. The van der Waals surface area contributed by atoms with Crippen molar-refractivity contribution in [3.63, 3.8) is 0 Å². The van der Waals surface area contributed by atoms with Crippen LogP contribution in [0.4, 0.5) is 20.2 Å². The van der Waals surface area contributed by atoms with Gasteiger partial charge in [0.15, 0.2) is 23.6 Å². The quantitative estimate of drug-likeness (QED) is 0.680. The Morgan fingerprint density at radius 1 is 1.06 bits per heavy atom. The molecule has 0 radical (unpaired) electrons. The van der Waals surface area contributed by atoms with E-state index in [4.69, 9.17) is 9.47 Å². The van der Waals surface area contributed by atoms with Crippen molar-refractivity contribution >= 4 is 29.1 Å². The van der Waals surface area contributed by atoms with Gasteiger partial charge in [-0.15, -0.1) is 0 Å². The van der Waals surface area contributed by atoms with Gasteiger partial charge < -0.3 is 14.8 Å². The molecule has 12 heteroatoms. The number of benzene rings is 2. The first-order valence-electron chi connectivity index (χ1n) is 9.36. The van der Waals surface area contributed by atoms with Crippen molar-refractivity contribution in [2.24, 2.45) is 10.3 Å². The third-order valence-corrected chi connectivity index (χ3v) is 4.99. The van der Waals surface area contributed by atoms with Gasteiger partial charge in [-0.1, -0.05) is 5.22 Å². The summed E-state index contributed by atoms with van der Waals surface area (Å²) >= 11 is 0. The average Bonchev–Trinajstić information content (AvgIpc) is 3.29. The Morgan fingerprint density at radius 3 is 2.53 bits per heavy atom. The fraction of sp³-hybridized carbons (Fsp3) is 0.250. The van der Waals surface area contributed by atoms with Crippen LogP contribution in [0.1, 0.15) is 0 Å². The Hall–Kier alpha value is -4.09. The molecule has 0 aromatic heterocycles. The topological polar surface area (TPSA) is 113 Å². The predicted octanol–water partition coefficient (Wildman–Crippen LogP) is 1.91. The molecule has 2 heterocycles. The number of fused-ring (bicyclic) bond motifs is 1. The van der Waals surface area contributed by atoms with Crippen molar-refractivity contribution in [1.82, 2.24) is 5.01 Å². The molecular formula is C20H17F2N5O5. The maximum Gasteiger partial charge on any atom is 0.263 e. The van der Waals surface area contributed by atoms with Crippen molar-refractivity contribution < 1.29 is 32.6 Å². The summed E-state index contributed by atoms with van der Waals surface area (Å²) in [5.74, 6) is -2.84. The van der Waals surface area contributed by atoms with Gasteiger partial charge in [-0.2, -0.15) is 5.11 Å². The number of anilines is 2. The van der Waals surface area contributed by atoms with Crippen LogP contribution in [0.25, 0.3) is 0 Å². The van der Waals surface area contributed by atoms with Crippen LogP contribution in [-0.4, -0.2) is 55.6 Å². The summed E-state index contributed by atoms with van der Waals surface area (Å²) in [5, 5.41) is 10.8. The van der Waals surface area contributed by atoms with E-state index >= 15 is 0 Å². The number of nitrogens with one attached hydrogen (secondary N) is 1. The number of amides is 3. The largest absolute Gasteiger partial charge is 0.493 e. The van der Waals surface area contributed by atoms with Crippen molar-refractivity contribution in [1.29, 1.82) is 0 Å². The molecule has 1 saturated heterocycles. The number of hydrogen-bond acceptors (Lipinski definition) is 8. The Bertz CT molecular complexity index is 1140. The van der Waals surface area contributed by atoms with Gasteiger partial charge in [-0.3, -0.25) is 19.4 Å². The molecule has 2 aromatic carbocycles. The summed E-state index contributed by atoms with van der Waals surface area (Å²) in [5.41, 5.74) is -0.114. The number of methoxy groups -OCH3 is 2. The van der Waals surface area contributed by atoms with Crippen LogP contribution in [0, 0.1) is 11.6 Å². The van der Waals surface area contributed by atoms with E-state index < -0.39 is 48.0 Å². The summed E-state index contributed by atoms with van der Waals surface area (Å²) in [6, 6.07) is 4.86. The van der Waals surface area contributed by atoms with Gasteiger partial charge in [-0.05, 0) is 24.3 Å². The lowest BCUT2D eigenvalue weighted by Crippen LogP contribution is -2.43. The van der Waals surface area contributed by atoms with Crippen LogP contribution >= 0.6 is 0 Å². The van der Waals surface area contributed by atoms with E-state index in [1.165, 1.54) is 26.4 Å². The average molecular weight is 445 g/mol. The minimum Gasteiger partial charge on any atom is -0.493 e. The van der Waals surface area contributed by atoms with Crippen molar-refractivity contribution in [2.75, 3.05) is 31.0 Å². The Labute approximate surface area is 180 Å². The minimum atomic E-state index is -1.14. The molecule has 1 N–H and O–H groups in total. The molecule has 3 amide bonds. The van der Waals surface area contributed by atoms with Crippen LogP contribution in [0.3, 0.4) is 0 Å². The highest BCUT2D eigenvalue weighted by Crippen LogP contribution is 2.36. The lowest BCUT2D eigenvalue weighted by atomic mass is 10.1. The second-order valence-electron chi connectivity index (χ2n) is 6.92. The molecule has 0 unspecified atom stereocenters. The summed E-state index contributed by atoms with van der Waals surface area (Å²) in [7, 11) is 2.87. The lowest BCUT2D eigenvalue weighted by molar-refractivity contribution is -0.123. The van der Waals surface area contributed by atoms with E-state index in [2.05, 4.69) is 15.7 Å². The highest BCUT2D eigenvalue weighted by atomic mass is 19.1. The SMILES string of the molecule is COc1ccc(N2C(=O)[C@@H]3[C@@H](N=NN3CC(=O)Nc3cc(F)ccc3F)C2=O)cc1OC. The van der Waals surface area contributed by atoms with E-state index in [0.29, 0.717) is 11.5 Å². The van der Waals surface area contributed by atoms with Crippen molar-refractivity contribution in [3.8, 4) is 11.5 Å². The number of nitrogens with zero attached hydrogens (tertiary/aromatic N) is 4. The van der Waals surface area contributed by atoms with Gasteiger partial charge in [0.25, 0.3) is 11.8 Å². The fourth-order valence-corrected chi connectivity index (χ4v) is 3.50. The maximum absolute atomic E-state index is 13.8. The molecule has 1 fully saturated rings. The van der Waals surface area contributed by atoms with Crippen LogP contribution < -0.4 is 19.7 Å². The number of hydrogen-bond donors (Lipinski definition) is 1. The normalized spacial score (nSPS) is 19.4. The number of imide groups is 1. The van der Waals surface area contributed by atoms with Gasteiger partial charge in [0.2, 0.25) is 5.91 Å². The molecule has 2 aromatic rings. The molecule has 4 rings (SSSR count). The smallest absolute Gasteiger partial charge is 0.263 e. The van der Waals surface area contributed by atoms with E-state index in [-0.39, 0.29) is 11.4 Å². The molecule has 10 nitrogen and oxygen atoms in total. The molecule has 0 spiro atoms. The van der Waals surface area contributed by atoms with Crippen LogP contribution in [0.5, 0.6) is 11.5 Å². The zero-order valence-corrected chi connectivity index (χ0v) is 16.9. The third-order valence-electron chi connectivity index (χ3n) is 4.99. The fourth-order valence-electron chi connectivity index (χ4n) is 3.50. The lowest BCUT2D eigenvalue weighted by Gasteiger charge is -2.20. The van der Waals surface area contributed by atoms with E-state index in [9.17, 15) is 23.2 Å². The molecule has 2 aliphatic rings. The Balaban J connectivity index is 1.52. The Morgan fingerprint density at radius 2 is 1.81 bits per heavy atom. The second kappa shape index (κ2) is 8.21. The van der Waals surface area contributed by atoms with Gasteiger partial charge in [0.05, 0.1) is 25.6 Å². The summed E-state index contributed by atoms with van der Waals surface area (Å²) < 4.78 is 37.4. The summed E-state index contributed by atoms with van der Waals surface area (Å²) in [6.45, 7) is -0.501. The Kier molecular flexibility index (Phi) is 5.43. The first-order valence-corrected chi connectivity index (χ1v) is 9.36. The zero-order chi connectivity index (χ0) is 23.0. The first-order chi connectivity index (χ1) is 15.3. The monoisotopic (exact) mass is 445 g/mol. The number of carbonyl (C=O) groups is 3. The predicted molar refractivity (Wildman–Crippen MR) is 106 cm³/mol. The van der Waals surface area contributed by atoms with Crippen molar-refractivity contribution in [2.45, 2.75) is 12.1 Å². The van der Waals surface area contributed by atoms with Crippen LogP contribution in [-0.2, 0) is 14.4 Å². The van der Waals surface area contributed by atoms with E-state index in [0.717, 1.165) is 28.1 Å². The number of carbonyl (C=O) groups excluding carboxylic acids is 3. The van der Waals surface area contributed by atoms with Gasteiger partial charge in [0, 0.05) is 12.1 Å². The molecule has 166 valence electrons. The molecule has 2 atom stereocenters. The molecule has 0 saturated carbocycles. The molecular weight excluding hydrogens is 428 g/mol. The zero-order valence-electron chi connectivity index (χ0n) is 16.9. The first kappa shape index (κ1) is 21.2. The van der Waals surface area contributed by atoms with Crippen LogP contribution in [0.15, 0.2) is 46.7 Å². The van der Waals surface area contributed by atoms with Crippen molar-refractivity contribution in [3.05, 3.63) is 48.0 Å². The standard InChI is InChI=1S/C20H17F2N5O5/c1-31-14-6-4-11(8-15(14)32-2)27-19(29)17-18(20(27)30)26(25-24-17)9-16(28)23-13-7-10(21)3-5-12(13)22/h3-8,17-18H,9H2,1-2H3,(H,23,28)/t17-,18+/m1/s1. The van der Waals surface area contributed by atoms with E-state index in [1.807, 2.05) is 0 Å². The van der Waals surface area contributed by atoms with Crippen LogP contribution in [0.2, 0.25) is 0 Å². The van der Waals surface area contributed by atoms with E-state index in [1.54, 1.807) is 6.07 Å². The highest BCUT2D eigenvalue weighted by molar-refractivity contribution is 6.25. The van der Waals surface area contributed by atoms with Gasteiger partial charge >= 0.3 is 0 Å². The molecule has 32 heavy (non-hydrogen) atoms. The molecule has 0 aliphatic carbocycles. The molecule has 0 bridgehead atoms.